The van der Waals surface area contributed by atoms with E-state index in [1.54, 1.807) is 11.8 Å². The number of carbonyl (C=O) groups is 2. The van der Waals surface area contributed by atoms with E-state index in [4.69, 9.17) is 0 Å². The first-order valence-corrected chi connectivity index (χ1v) is 10.7. The van der Waals surface area contributed by atoms with E-state index in [-0.39, 0.29) is 30.4 Å². The minimum absolute atomic E-state index is 0.0403. The molecule has 1 saturated carbocycles. The second kappa shape index (κ2) is 9.97. The maximum atomic E-state index is 12.6. The fourth-order valence-corrected chi connectivity index (χ4v) is 3.96. The molecule has 1 aromatic carbocycles. The van der Waals surface area contributed by atoms with Crippen molar-refractivity contribution in [3.63, 3.8) is 0 Å². The normalized spacial score (nSPS) is 22.3. The zero-order valence-corrected chi connectivity index (χ0v) is 17.1. The number of quaternary nitrogens is 1. The van der Waals surface area contributed by atoms with E-state index >= 15 is 0 Å². The summed E-state index contributed by atoms with van der Waals surface area (Å²) in [6, 6.07) is 7.77. The Bertz CT molecular complexity index is 623. The van der Waals surface area contributed by atoms with Crippen molar-refractivity contribution in [3.8, 4) is 0 Å². The number of anilines is 1. The van der Waals surface area contributed by atoms with Gasteiger partial charge in [0.15, 0.2) is 12.6 Å². The Morgan fingerprint density at radius 1 is 1.27 bits per heavy atom. The van der Waals surface area contributed by atoms with E-state index < -0.39 is 0 Å². The molecule has 0 heterocycles. The average Bonchev–Trinajstić information content (AvgIpc) is 2.63. The van der Waals surface area contributed by atoms with Crippen molar-refractivity contribution >= 4 is 29.3 Å². The smallest absolute Gasteiger partial charge is 0.279 e. The van der Waals surface area contributed by atoms with Gasteiger partial charge < -0.3 is 15.5 Å². The van der Waals surface area contributed by atoms with Gasteiger partial charge in [-0.25, -0.2) is 0 Å². The van der Waals surface area contributed by atoms with Crippen molar-refractivity contribution in [2.24, 2.45) is 5.92 Å². The molecule has 0 radical (unpaired) electrons. The molecule has 3 N–H and O–H groups in total. The van der Waals surface area contributed by atoms with Gasteiger partial charge in [-0.2, -0.15) is 0 Å². The van der Waals surface area contributed by atoms with Crippen LogP contribution in [0.2, 0.25) is 0 Å². The lowest BCUT2D eigenvalue weighted by Crippen LogP contribution is -3.15. The lowest BCUT2D eigenvalue weighted by Gasteiger charge is -2.31. The fourth-order valence-electron chi connectivity index (χ4n) is 3.41. The van der Waals surface area contributed by atoms with Crippen molar-refractivity contribution in [2.45, 2.75) is 56.5 Å². The van der Waals surface area contributed by atoms with Crippen molar-refractivity contribution in [1.29, 1.82) is 0 Å². The molecule has 5 nitrogen and oxygen atoms in total. The maximum Gasteiger partial charge on any atom is 0.279 e. The summed E-state index contributed by atoms with van der Waals surface area (Å²) in [6.45, 7) is 4.36. The molecule has 0 saturated heterocycles. The molecular formula is C20H32N3O2S+. The molecule has 1 fully saturated rings. The molecule has 26 heavy (non-hydrogen) atoms. The highest BCUT2D eigenvalue weighted by Crippen LogP contribution is 2.24. The number of amides is 2. The summed E-state index contributed by atoms with van der Waals surface area (Å²) in [4.78, 5) is 26.9. The number of nitrogens with one attached hydrogen (secondary N) is 3. The first-order valence-electron chi connectivity index (χ1n) is 9.48. The highest BCUT2D eigenvalue weighted by atomic mass is 32.2. The SMILES string of the molecule is CSc1ccccc1NC(=O)C[NH+](C)[C@H](C)C(=O)N[C@@H]1CCCC[C@@H]1C. The molecule has 144 valence electrons. The predicted octanol–water partition coefficient (Wildman–Crippen LogP) is 1.95. The van der Waals surface area contributed by atoms with E-state index in [1.807, 2.05) is 44.5 Å². The van der Waals surface area contributed by atoms with E-state index in [1.165, 1.54) is 19.3 Å². The van der Waals surface area contributed by atoms with Crippen LogP contribution < -0.4 is 15.5 Å². The molecule has 4 atom stereocenters. The fraction of sp³-hybridized carbons (Fsp3) is 0.600. The van der Waals surface area contributed by atoms with E-state index in [0.717, 1.165) is 21.9 Å². The average molecular weight is 379 g/mol. The third-order valence-corrected chi connectivity index (χ3v) is 6.19. The number of carbonyl (C=O) groups excluding carboxylic acids is 2. The summed E-state index contributed by atoms with van der Waals surface area (Å²) < 4.78 is 0. The Morgan fingerprint density at radius 3 is 2.65 bits per heavy atom. The van der Waals surface area contributed by atoms with Gasteiger partial charge in [-0.3, -0.25) is 9.59 Å². The molecule has 0 spiro atoms. The molecule has 1 aliphatic rings. The van der Waals surface area contributed by atoms with Gasteiger partial charge in [0, 0.05) is 10.9 Å². The first-order chi connectivity index (χ1) is 12.4. The number of hydrogen-bond acceptors (Lipinski definition) is 3. The number of para-hydroxylation sites is 1. The zero-order valence-electron chi connectivity index (χ0n) is 16.3. The monoisotopic (exact) mass is 378 g/mol. The Morgan fingerprint density at radius 2 is 1.96 bits per heavy atom. The quantitative estimate of drug-likeness (QED) is 0.636. The molecule has 1 aliphatic carbocycles. The molecule has 2 amide bonds. The number of hydrogen-bond donors (Lipinski definition) is 3. The molecule has 1 unspecified atom stereocenters. The van der Waals surface area contributed by atoms with Crippen molar-refractivity contribution < 1.29 is 14.5 Å². The molecule has 6 heteroatoms. The second-order valence-electron chi connectivity index (χ2n) is 7.37. The highest BCUT2D eigenvalue weighted by Gasteiger charge is 2.29. The van der Waals surface area contributed by atoms with Crippen molar-refractivity contribution in [1.82, 2.24) is 5.32 Å². The lowest BCUT2D eigenvalue weighted by atomic mass is 9.86. The minimum Gasteiger partial charge on any atom is -0.348 e. The lowest BCUT2D eigenvalue weighted by molar-refractivity contribution is -0.885. The van der Waals surface area contributed by atoms with Crippen LogP contribution in [0.3, 0.4) is 0 Å². The summed E-state index contributed by atoms with van der Waals surface area (Å²) in [6.07, 6.45) is 6.67. The van der Waals surface area contributed by atoms with Crippen molar-refractivity contribution in [3.05, 3.63) is 24.3 Å². The summed E-state index contributed by atoms with van der Waals surface area (Å²) in [7, 11) is 1.90. The number of thioether (sulfide) groups is 1. The van der Waals surface area contributed by atoms with Crippen LogP contribution in [0.5, 0.6) is 0 Å². The summed E-state index contributed by atoms with van der Waals surface area (Å²) in [5.41, 5.74) is 0.825. The number of benzene rings is 1. The van der Waals surface area contributed by atoms with Crippen LogP contribution in [0.1, 0.15) is 39.5 Å². The Hall–Kier alpha value is -1.53. The van der Waals surface area contributed by atoms with Gasteiger partial charge in [-0.05, 0) is 44.1 Å². The summed E-state index contributed by atoms with van der Waals surface area (Å²) >= 11 is 1.60. The van der Waals surface area contributed by atoms with Gasteiger partial charge in [-0.1, -0.05) is 31.9 Å². The van der Waals surface area contributed by atoms with Crippen LogP contribution in [-0.2, 0) is 9.59 Å². The van der Waals surface area contributed by atoms with Crippen LogP contribution in [-0.4, -0.2) is 43.7 Å². The maximum absolute atomic E-state index is 12.6. The van der Waals surface area contributed by atoms with Crippen molar-refractivity contribution in [2.75, 3.05) is 25.2 Å². The van der Waals surface area contributed by atoms with Gasteiger partial charge in [0.25, 0.3) is 11.8 Å². The third kappa shape index (κ3) is 5.74. The molecule has 0 aliphatic heterocycles. The van der Waals surface area contributed by atoms with Crippen LogP contribution in [0, 0.1) is 5.92 Å². The second-order valence-corrected chi connectivity index (χ2v) is 8.22. The standard InChI is InChI=1S/C20H31N3O2S/c1-14-9-5-6-10-16(14)22-20(25)15(2)23(3)13-19(24)21-17-11-7-8-12-18(17)26-4/h7-8,11-12,14-16H,5-6,9-10,13H2,1-4H3,(H,21,24)(H,22,25)/p+1/t14-,15+,16+/m0/s1. The number of likely N-dealkylation sites (N-methyl/N-ethyl adjacent to an activating group) is 1. The summed E-state index contributed by atoms with van der Waals surface area (Å²) in [5, 5.41) is 6.16. The van der Waals surface area contributed by atoms with Crippen LogP contribution in [0.15, 0.2) is 29.2 Å². The van der Waals surface area contributed by atoms with Crippen LogP contribution in [0.25, 0.3) is 0 Å². The third-order valence-electron chi connectivity index (χ3n) is 5.39. The van der Waals surface area contributed by atoms with Gasteiger partial charge in [0.1, 0.15) is 0 Å². The van der Waals surface area contributed by atoms with Gasteiger partial charge in [-0.15, -0.1) is 11.8 Å². The molecule has 2 rings (SSSR count). The Labute approximate surface area is 161 Å². The highest BCUT2D eigenvalue weighted by molar-refractivity contribution is 7.98. The van der Waals surface area contributed by atoms with Gasteiger partial charge >= 0.3 is 0 Å². The minimum atomic E-state index is -0.259. The van der Waals surface area contributed by atoms with Gasteiger partial charge in [0.05, 0.1) is 12.7 Å². The molecular weight excluding hydrogens is 346 g/mol. The number of rotatable bonds is 7. The summed E-state index contributed by atoms with van der Waals surface area (Å²) in [5.74, 6) is 0.500. The largest absolute Gasteiger partial charge is 0.348 e. The van der Waals surface area contributed by atoms with Gasteiger partial charge in [0.2, 0.25) is 0 Å². The predicted molar refractivity (Wildman–Crippen MR) is 108 cm³/mol. The van der Waals surface area contributed by atoms with Crippen LogP contribution >= 0.6 is 11.8 Å². The molecule has 0 aromatic heterocycles. The van der Waals surface area contributed by atoms with E-state index in [0.29, 0.717) is 5.92 Å². The Balaban J connectivity index is 1.86. The van der Waals surface area contributed by atoms with E-state index in [9.17, 15) is 9.59 Å². The van der Waals surface area contributed by atoms with Crippen LogP contribution in [0.4, 0.5) is 5.69 Å². The Kier molecular flexibility index (Phi) is 7.97. The topological polar surface area (TPSA) is 62.6 Å². The molecule has 0 bridgehead atoms. The first kappa shape index (κ1) is 20.8. The zero-order chi connectivity index (χ0) is 19.1. The molecule has 1 aromatic rings. The van der Waals surface area contributed by atoms with E-state index in [2.05, 4.69) is 17.6 Å².